The van der Waals surface area contributed by atoms with E-state index in [0.29, 0.717) is 5.76 Å². The summed E-state index contributed by atoms with van der Waals surface area (Å²) in [6.45, 7) is 1.68. The maximum absolute atomic E-state index is 12.1. The van der Waals surface area contributed by atoms with Gasteiger partial charge < -0.3 is 14.3 Å². The van der Waals surface area contributed by atoms with E-state index in [4.69, 9.17) is 4.42 Å². The lowest BCUT2D eigenvalue weighted by atomic mass is 10.1. The molecule has 0 aliphatic rings. The smallest absolute Gasteiger partial charge is 0.468 e. The molecular weight excluding hydrogens is 299 g/mol. The predicted molar refractivity (Wildman–Crippen MR) is 73.2 cm³/mol. The van der Waals surface area contributed by atoms with Crippen LogP contribution in [-0.4, -0.2) is 18.1 Å². The van der Waals surface area contributed by atoms with Gasteiger partial charge in [-0.3, -0.25) is 5.32 Å². The largest absolute Gasteiger partial charge is 0.573 e. The lowest BCUT2D eigenvalue weighted by molar-refractivity contribution is -0.274. The summed E-state index contributed by atoms with van der Waals surface area (Å²) in [5.41, 5.74) is 0.763. The van der Waals surface area contributed by atoms with Crippen LogP contribution in [0.1, 0.15) is 30.3 Å². The van der Waals surface area contributed by atoms with Crippen LogP contribution in [0.5, 0.6) is 5.75 Å². The normalized spacial score (nSPS) is 14.6. The average Bonchev–Trinajstić information content (AvgIpc) is 2.97. The van der Waals surface area contributed by atoms with Gasteiger partial charge in [-0.2, -0.15) is 0 Å². The van der Waals surface area contributed by atoms with Gasteiger partial charge in [-0.25, -0.2) is 0 Å². The SMILES string of the molecule is CC(NC(CO)c1ccco1)c1ccc(OC(F)(F)F)cc1. The topological polar surface area (TPSA) is 54.6 Å². The maximum atomic E-state index is 12.1. The van der Waals surface area contributed by atoms with Crippen LogP contribution in [-0.2, 0) is 0 Å². The molecule has 0 bridgehead atoms. The Morgan fingerprint density at radius 1 is 1.23 bits per heavy atom. The van der Waals surface area contributed by atoms with Crippen molar-refractivity contribution in [1.82, 2.24) is 5.32 Å². The van der Waals surface area contributed by atoms with Crippen LogP contribution in [0.25, 0.3) is 0 Å². The quantitative estimate of drug-likeness (QED) is 0.856. The number of hydrogen-bond acceptors (Lipinski definition) is 4. The van der Waals surface area contributed by atoms with E-state index in [2.05, 4.69) is 10.1 Å². The molecule has 22 heavy (non-hydrogen) atoms. The standard InChI is InChI=1S/C15H16F3NO3/c1-10(19-13(9-20)14-3-2-8-21-14)11-4-6-12(7-5-11)22-15(16,17)18/h2-8,10,13,19-20H,9H2,1H3. The van der Waals surface area contributed by atoms with E-state index in [0.717, 1.165) is 5.56 Å². The Labute approximate surface area is 125 Å². The molecule has 120 valence electrons. The zero-order valence-corrected chi connectivity index (χ0v) is 11.8. The Hall–Kier alpha value is -1.99. The van der Waals surface area contributed by atoms with Crippen molar-refractivity contribution < 1.29 is 27.4 Å². The Morgan fingerprint density at radius 2 is 1.91 bits per heavy atom. The number of benzene rings is 1. The molecule has 0 aliphatic carbocycles. The van der Waals surface area contributed by atoms with Crippen molar-refractivity contribution in [1.29, 1.82) is 0 Å². The average molecular weight is 315 g/mol. The molecular formula is C15H16F3NO3. The summed E-state index contributed by atoms with van der Waals surface area (Å²) in [6, 6.07) is 8.45. The molecule has 2 N–H and O–H groups in total. The minimum Gasteiger partial charge on any atom is -0.468 e. The van der Waals surface area contributed by atoms with E-state index in [1.54, 1.807) is 12.1 Å². The molecule has 0 radical (unpaired) electrons. The third-order valence-electron chi connectivity index (χ3n) is 3.13. The highest BCUT2D eigenvalue weighted by atomic mass is 19.4. The van der Waals surface area contributed by atoms with E-state index in [1.165, 1.54) is 30.5 Å². The van der Waals surface area contributed by atoms with Crippen LogP contribution in [0.3, 0.4) is 0 Å². The molecule has 1 heterocycles. The van der Waals surface area contributed by atoms with Crippen molar-refractivity contribution in [3.8, 4) is 5.75 Å². The summed E-state index contributed by atoms with van der Waals surface area (Å²) < 4.78 is 45.4. The first-order chi connectivity index (χ1) is 10.4. The fourth-order valence-electron chi connectivity index (χ4n) is 2.07. The molecule has 0 spiro atoms. The Bertz CT molecular complexity index is 567. The molecule has 4 nitrogen and oxygen atoms in total. The van der Waals surface area contributed by atoms with E-state index in [9.17, 15) is 18.3 Å². The summed E-state index contributed by atoms with van der Waals surface area (Å²) >= 11 is 0. The summed E-state index contributed by atoms with van der Waals surface area (Å²) in [4.78, 5) is 0. The van der Waals surface area contributed by atoms with Crippen molar-refractivity contribution in [2.45, 2.75) is 25.4 Å². The molecule has 2 rings (SSSR count). The van der Waals surface area contributed by atoms with Gasteiger partial charge in [0.2, 0.25) is 0 Å². The van der Waals surface area contributed by atoms with E-state index >= 15 is 0 Å². The molecule has 0 saturated heterocycles. The highest BCUT2D eigenvalue weighted by molar-refractivity contribution is 5.29. The van der Waals surface area contributed by atoms with Crippen molar-refractivity contribution in [2.24, 2.45) is 0 Å². The Morgan fingerprint density at radius 3 is 2.41 bits per heavy atom. The van der Waals surface area contributed by atoms with Gasteiger partial charge in [0.1, 0.15) is 11.5 Å². The lowest BCUT2D eigenvalue weighted by Crippen LogP contribution is -2.27. The Kier molecular flexibility index (Phi) is 5.10. The second-order valence-corrected chi connectivity index (χ2v) is 4.76. The molecule has 0 fully saturated rings. The van der Waals surface area contributed by atoms with Crippen molar-refractivity contribution in [3.63, 3.8) is 0 Å². The molecule has 2 atom stereocenters. The van der Waals surface area contributed by atoms with Crippen LogP contribution < -0.4 is 10.1 Å². The van der Waals surface area contributed by atoms with E-state index < -0.39 is 12.4 Å². The molecule has 1 aromatic carbocycles. The highest BCUT2D eigenvalue weighted by Crippen LogP contribution is 2.25. The van der Waals surface area contributed by atoms with Crippen LogP contribution >= 0.6 is 0 Å². The minimum absolute atomic E-state index is 0.160. The molecule has 2 aromatic rings. The Balaban J connectivity index is 2.01. The fourth-order valence-corrected chi connectivity index (χ4v) is 2.07. The summed E-state index contributed by atoms with van der Waals surface area (Å²) in [6.07, 6.45) is -3.19. The van der Waals surface area contributed by atoms with Gasteiger partial charge in [0.05, 0.1) is 18.9 Å². The monoisotopic (exact) mass is 315 g/mol. The van der Waals surface area contributed by atoms with Crippen molar-refractivity contribution in [3.05, 3.63) is 54.0 Å². The van der Waals surface area contributed by atoms with Crippen molar-refractivity contribution >= 4 is 0 Å². The van der Waals surface area contributed by atoms with E-state index in [-0.39, 0.29) is 18.4 Å². The van der Waals surface area contributed by atoms with Gasteiger partial charge >= 0.3 is 6.36 Å². The highest BCUT2D eigenvalue weighted by Gasteiger charge is 2.31. The van der Waals surface area contributed by atoms with Crippen LogP contribution in [0.4, 0.5) is 13.2 Å². The summed E-state index contributed by atoms with van der Waals surface area (Å²) in [5, 5.41) is 12.5. The number of rotatable bonds is 6. The maximum Gasteiger partial charge on any atom is 0.573 e. The molecule has 1 aromatic heterocycles. The van der Waals surface area contributed by atoms with Gasteiger partial charge in [0.25, 0.3) is 0 Å². The molecule has 0 amide bonds. The van der Waals surface area contributed by atoms with Crippen LogP contribution in [0, 0.1) is 0 Å². The molecule has 2 unspecified atom stereocenters. The fraction of sp³-hybridized carbons (Fsp3) is 0.333. The van der Waals surface area contributed by atoms with Crippen LogP contribution in [0.15, 0.2) is 47.1 Å². The third-order valence-corrected chi connectivity index (χ3v) is 3.13. The van der Waals surface area contributed by atoms with Gasteiger partial charge in [-0.1, -0.05) is 12.1 Å². The number of hydrogen-bond donors (Lipinski definition) is 2. The number of nitrogens with one attached hydrogen (secondary N) is 1. The van der Waals surface area contributed by atoms with Crippen molar-refractivity contribution in [2.75, 3.05) is 6.61 Å². The molecule has 0 saturated carbocycles. The number of aliphatic hydroxyl groups excluding tert-OH is 1. The second kappa shape index (κ2) is 6.85. The van der Waals surface area contributed by atoms with E-state index in [1.807, 2.05) is 6.92 Å². The van der Waals surface area contributed by atoms with Gasteiger partial charge in [0.15, 0.2) is 0 Å². The minimum atomic E-state index is -4.70. The first-order valence-electron chi connectivity index (χ1n) is 6.65. The first kappa shape index (κ1) is 16.4. The van der Waals surface area contributed by atoms with Gasteiger partial charge in [-0.15, -0.1) is 13.2 Å². The van der Waals surface area contributed by atoms with Gasteiger partial charge in [-0.05, 0) is 36.8 Å². The molecule has 7 heteroatoms. The summed E-state index contributed by atoms with van der Waals surface area (Å²) in [7, 11) is 0. The number of alkyl halides is 3. The molecule has 0 aliphatic heterocycles. The summed E-state index contributed by atoms with van der Waals surface area (Å²) in [5.74, 6) is 0.319. The zero-order chi connectivity index (χ0) is 16.2. The van der Waals surface area contributed by atoms with Gasteiger partial charge in [0, 0.05) is 6.04 Å². The zero-order valence-electron chi connectivity index (χ0n) is 11.8. The number of aliphatic hydroxyl groups is 1. The lowest BCUT2D eigenvalue weighted by Gasteiger charge is -2.20. The first-order valence-corrected chi connectivity index (χ1v) is 6.65. The predicted octanol–water partition coefficient (Wildman–Crippen LogP) is 3.56. The number of halogens is 3. The number of furan rings is 1. The van der Waals surface area contributed by atoms with Crippen LogP contribution in [0.2, 0.25) is 0 Å². The third kappa shape index (κ3) is 4.51. The second-order valence-electron chi connectivity index (χ2n) is 4.76. The number of ether oxygens (including phenoxy) is 1.